The zero-order chi connectivity index (χ0) is 18.0. The molecule has 8 heteroatoms. The highest BCUT2D eigenvalue weighted by molar-refractivity contribution is 9.10. The first-order valence-electron chi connectivity index (χ1n) is 8.03. The van der Waals surface area contributed by atoms with Gasteiger partial charge in [0, 0.05) is 33.9 Å². The Balaban J connectivity index is 1.68. The highest BCUT2D eigenvalue weighted by Crippen LogP contribution is 2.29. The number of amides is 3. The second-order valence-electron chi connectivity index (χ2n) is 6.13. The Morgan fingerprint density at radius 1 is 1.28 bits per heavy atom. The maximum atomic E-state index is 12.6. The Bertz CT molecular complexity index is 788. The van der Waals surface area contributed by atoms with E-state index in [2.05, 4.69) is 31.5 Å². The first kappa shape index (κ1) is 17.9. The Kier molecular flexibility index (Phi) is 5.39. The van der Waals surface area contributed by atoms with Crippen molar-refractivity contribution in [3.05, 3.63) is 44.9 Å². The normalized spacial score (nSPS) is 13.5. The third-order valence-electron chi connectivity index (χ3n) is 3.75. The summed E-state index contributed by atoms with van der Waals surface area (Å²) < 4.78 is 0.947. The quantitative estimate of drug-likeness (QED) is 0.792. The first-order chi connectivity index (χ1) is 11.9. The van der Waals surface area contributed by atoms with Gasteiger partial charge in [0.15, 0.2) is 5.13 Å². The smallest absolute Gasteiger partial charge is 0.321 e. The minimum Gasteiger partial charge on any atom is -0.336 e. The van der Waals surface area contributed by atoms with Crippen molar-refractivity contribution in [2.75, 3.05) is 11.9 Å². The Labute approximate surface area is 158 Å². The molecule has 0 fully saturated rings. The van der Waals surface area contributed by atoms with Crippen LogP contribution in [0.25, 0.3) is 0 Å². The summed E-state index contributed by atoms with van der Waals surface area (Å²) in [6.45, 7) is 4.95. The molecular weight excluding hydrogens is 404 g/mol. The van der Waals surface area contributed by atoms with E-state index in [1.54, 1.807) is 0 Å². The van der Waals surface area contributed by atoms with Crippen LogP contribution in [-0.2, 0) is 13.0 Å². The van der Waals surface area contributed by atoms with Gasteiger partial charge in [0.1, 0.15) is 0 Å². The molecule has 1 aromatic heterocycles. The van der Waals surface area contributed by atoms with Crippen LogP contribution in [0.15, 0.2) is 28.7 Å². The van der Waals surface area contributed by atoms with Crippen LogP contribution >= 0.6 is 27.3 Å². The molecule has 0 saturated heterocycles. The summed E-state index contributed by atoms with van der Waals surface area (Å²) >= 11 is 4.80. The largest absolute Gasteiger partial charge is 0.336 e. The number of rotatable bonds is 3. The number of aromatic nitrogens is 1. The molecule has 0 bridgehead atoms. The third-order valence-corrected chi connectivity index (χ3v) is 5.28. The van der Waals surface area contributed by atoms with Crippen molar-refractivity contribution in [2.24, 2.45) is 0 Å². The van der Waals surface area contributed by atoms with E-state index < -0.39 is 0 Å². The van der Waals surface area contributed by atoms with Gasteiger partial charge in [-0.3, -0.25) is 10.1 Å². The lowest BCUT2D eigenvalue weighted by atomic mass is 10.1. The maximum absolute atomic E-state index is 12.6. The fraction of sp³-hybridized carbons (Fsp3) is 0.353. The van der Waals surface area contributed by atoms with E-state index in [9.17, 15) is 9.59 Å². The Morgan fingerprint density at radius 3 is 2.68 bits per heavy atom. The van der Waals surface area contributed by atoms with Gasteiger partial charge in [-0.15, -0.1) is 0 Å². The summed E-state index contributed by atoms with van der Waals surface area (Å²) in [5.41, 5.74) is 1.63. The van der Waals surface area contributed by atoms with Crippen LogP contribution in [0.3, 0.4) is 0 Å². The van der Waals surface area contributed by atoms with E-state index >= 15 is 0 Å². The lowest BCUT2D eigenvalue weighted by Crippen LogP contribution is -2.35. The molecule has 25 heavy (non-hydrogen) atoms. The molecular formula is C17H19BrN4O2S. The molecule has 132 valence electrons. The SMILES string of the molecule is CC(C)NC(=O)Nc1nc2c(s1)CN(C(=O)c1ccc(Br)cc1)CC2. The van der Waals surface area contributed by atoms with E-state index in [1.165, 1.54) is 11.3 Å². The van der Waals surface area contributed by atoms with Crippen LogP contribution in [0.4, 0.5) is 9.93 Å². The van der Waals surface area contributed by atoms with Crippen molar-refractivity contribution in [3.63, 3.8) is 0 Å². The van der Waals surface area contributed by atoms with Crippen molar-refractivity contribution in [1.29, 1.82) is 0 Å². The molecule has 3 rings (SSSR count). The van der Waals surface area contributed by atoms with E-state index in [4.69, 9.17) is 0 Å². The van der Waals surface area contributed by atoms with Crippen LogP contribution in [0.2, 0.25) is 0 Å². The second kappa shape index (κ2) is 7.53. The first-order valence-corrected chi connectivity index (χ1v) is 9.64. The third kappa shape index (κ3) is 4.38. The Hall–Kier alpha value is -1.93. The Morgan fingerprint density at radius 2 is 2.00 bits per heavy atom. The summed E-state index contributed by atoms with van der Waals surface area (Å²) in [5, 5.41) is 6.10. The summed E-state index contributed by atoms with van der Waals surface area (Å²) in [4.78, 5) is 31.8. The summed E-state index contributed by atoms with van der Waals surface area (Å²) in [5.74, 6) is 0.0126. The van der Waals surface area contributed by atoms with E-state index in [0.29, 0.717) is 30.2 Å². The zero-order valence-corrected chi connectivity index (χ0v) is 16.4. The van der Waals surface area contributed by atoms with Gasteiger partial charge in [-0.2, -0.15) is 0 Å². The average molecular weight is 423 g/mol. The average Bonchev–Trinajstić information content (AvgIpc) is 2.95. The molecule has 1 aromatic carbocycles. The molecule has 2 heterocycles. The molecule has 0 atom stereocenters. The fourth-order valence-corrected chi connectivity index (χ4v) is 3.88. The molecule has 6 nitrogen and oxygen atoms in total. The predicted octanol–water partition coefficient (Wildman–Crippen LogP) is 3.63. The topological polar surface area (TPSA) is 74.3 Å². The van der Waals surface area contributed by atoms with E-state index in [0.717, 1.165) is 15.0 Å². The number of benzene rings is 1. The number of halogens is 1. The number of carbonyl (C=O) groups excluding carboxylic acids is 2. The monoisotopic (exact) mass is 422 g/mol. The minimum absolute atomic E-state index is 0.0126. The number of fused-ring (bicyclic) bond motifs is 1. The van der Waals surface area contributed by atoms with Gasteiger partial charge in [0.2, 0.25) is 0 Å². The summed E-state index contributed by atoms with van der Waals surface area (Å²) in [6.07, 6.45) is 0.696. The highest BCUT2D eigenvalue weighted by Gasteiger charge is 2.25. The number of nitrogens with zero attached hydrogens (tertiary/aromatic N) is 2. The lowest BCUT2D eigenvalue weighted by Gasteiger charge is -2.26. The molecule has 1 aliphatic heterocycles. The molecule has 0 saturated carbocycles. The predicted molar refractivity (Wildman–Crippen MR) is 102 cm³/mol. The molecule has 1 aliphatic rings. The number of hydrogen-bond acceptors (Lipinski definition) is 4. The fourth-order valence-electron chi connectivity index (χ4n) is 2.59. The zero-order valence-electron chi connectivity index (χ0n) is 14.0. The molecule has 0 radical (unpaired) electrons. The van der Waals surface area contributed by atoms with Crippen molar-refractivity contribution < 1.29 is 9.59 Å². The number of nitrogens with one attached hydrogen (secondary N) is 2. The second-order valence-corrected chi connectivity index (χ2v) is 8.12. The van der Waals surface area contributed by atoms with Crippen molar-refractivity contribution in [1.82, 2.24) is 15.2 Å². The molecule has 0 spiro atoms. The van der Waals surface area contributed by atoms with Gasteiger partial charge < -0.3 is 10.2 Å². The summed E-state index contributed by atoms with van der Waals surface area (Å²) in [7, 11) is 0. The molecule has 0 aliphatic carbocycles. The van der Waals surface area contributed by atoms with Gasteiger partial charge in [0.05, 0.1) is 12.2 Å². The standard InChI is InChI=1S/C17H19BrN4O2S/c1-10(2)19-16(24)21-17-20-13-7-8-22(9-14(13)25-17)15(23)11-3-5-12(18)6-4-11/h3-6,10H,7-9H2,1-2H3,(H2,19,20,21,24). The number of anilines is 1. The number of hydrogen-bond donors (Lipinski definition) is 2. The van der Waals surface area contributed by atoms with Gasteiger partial charge in [-0.1, -0.05) is 27.3 Å². The number of carbonyl (C=O) groups is 2. The van der Waals surface area contributed by atoms with Crippen LogP contribution in [0.1, 0.15) is 34.8 Å². The van der Waals surface area contributed by atoms with Crippen molar-refractivity contribution >= 4 is 44.3 Å². The summed E-state index contributed by atoms with van der Waals surface area (Å²) in [6, 6.07) is 7.17. The van der Waals surface area contributed by atoms with Crippen molar-refractivity contribution in [2.45, 2.75) is 32.9 Å². The van der Waals surface area contributed by atoms with Gasteiger partial charge in [-0.05, 0) is 38.1 Å². The van der Waals surface area contributed by atoms with Crippen LogP contribution in [0.5, 0.6) is 0 Å². The van der Waals surface area contributed by atoms with Gasteiger partial charge >= 0.3 is 6.03 Å². The van der Waals surface area contributed by atoms with Gasteiger partial charge in [-0.25, -0.2) is 9.78 Å². The number of urea groups is 1. The van der Waals surface area contributed by atoms with Crippen LogP contribution in [-0.4, -0.2) is 34.4 Å². The molecule has 2 aromatic rings. The minimum atomic E-state index is -0.260. The van der Waals surface area contributed by atoms with Crippen LogP contribution < -0.4 is 10.6 Å². The molecule has 3 amide bonds. The van der Waals surface area contributed by atoms with Crippen LogP contribution in [0, 0.1) is 0 Å². The lowest BCUT2D eigenvalue weighted by molar-refractivity contribution is 0.0736. The highest BCUT2D eigenvalue weighted by atomic mass is 79.9. The van der Waals surface area contributed by atoms with E-state index in [-0.39, 0.29) is 18.0 Å². The molecule has 0 unspecified atom stereocenters. The molecule has 2 N–H and O–H groups in total. The maximum Gasteiger partial charge on any atom is 0.321 e. The number of thiazole rings is 1. The van der Waals surface area contributed by atoms with Crippen molar-refractivity contribution in [3.8, 4) is 0 Å². The van der Waals surface area contributed by atoms with E-state index in [1.807, 2.05) is 43.0 Å². The van der Waals surface area contributed by atoms with Gasteiger partial charge in [0.25, 0.3) is 5.91 Å².